The molecule has 1 fully saturated rings. The van der Waals surface area contributed by atoms with Gasteiger partial charge in [-0.05, 0) is 6.92 Å². The summed E-state index contributed by atoms with van der Waals surface area (Å²) in [5, 5.41) is 0. The van der Waals surface area contributed by atoms with Crippen molar-refractivity contribution in [1.29, 1.82) is 0 Å². The summed E-state index contributed by atoms with van der Waals surface area (Å²) in [4.78, 5) is 0. The van der Waals surface area contributed by atoms with Crippen LogP contribution >= 0.6 is 0 Å². The van der Waals surface area contributed by atoms with Gasteiger partial charge in [0.25, 0.3) is 0 Å². The molecule has 0 aromatic heterocycles. The first-order valence-corrected chi connectivity index (χ1v) is 3.03. The van der Waals surface area contributed by atoms with Gasteiger partial charge in [-0.1, -0.05) is 0 Å². The van der Waals surface area contributed by atoms with Gasteiger partial charge in [-0.25, -0.2) is 0 Å². The summed E-state index contributed by atoms with van der Waals surface area (Å²) in [6.07, 6.45) is 2.31. The van der Waals surface area contributed by atoms with Crippen molar-refractivity contribution >= 4 is 0 Å². The van der Waals surface area contributed by atoms with Crippen molar-refractivity contribution in [3.63, 3.8) is 0 Å². The van der Waals surface area contributed by atoms with E-state index in [0.717, 1.165) is 12.8 Å². The van der Waals surface area contributed by atoms with E-state index >= 15 is 0 Å². The van der Waals surface area contributed by atoms with Gasteiger partial charge in [0.15, 0.2) is 0 Å². The molecule has 3 heteroatoms. The van der Waals surface area contributed by atoms with Crippen LogP contribution in [0.3, 0.4) is 0 Å². The van der Waals surface area contributed by atoms with E-state index in [1.54, 1.807) is 13.0 Å². The van der Waals surface area contributed by atoms with E-state index in [-0.39, 0.29) is 59.4 Å². The minimum atomic E-state index is 0. The third-order valence-corrected chi connectivity index (χ3v) is 1.84. The number of hydrogen-bond donors (Lipinski definition) is 0. The van der Waals surface area contributed by atoms with Crippen LogP contribution in [0.1, 0.15) is 26.7 Å². The van der Waals surface area contributed by atoms with Crippen molar-refractivity contribution in [1.82, 2.24) is 0 Å². The second-order valence-corrected chi connectivity index (χ2v) is 2.96. The van der Waals surface area contributed by atoms with Gasteiger partial charge in [-0.15, -0.1) is 0 Å². The third kappa shape index (κ3) is 3.43. The zero-order valence-electron chi connectivity index (χ0n) is 6.81. The summed E-state index contributed by atoms with van der Waals surface area (Å²) in [5.41, 5.74) is 0.198. The molecule has 0 heterocycles. The molecule has 0 aliphatic heterocycles. The Morgan fingerprint density at radius 1 is 1.40 bits per heavy atom. The van der Waals surface area contributed by atoms with Crippen LogP contribution in [0.25, 0.3) is 0 Å². The van der Waals surface area contributed by atoms with Crippen LogP contribution in [-0.2, 0) is 58.5 Å². The molecule has 0 aromatic rings. The Bertz CT molecular complexity index is 91.6. The summed E-state index contributed by atoms with van der Waals surface area (Å²) in [7, 11) is 1.78. The number of methoxy groups -OCH3 is 1. The number of ether oxygens (including phenoxy) is 1. The topological polar surface area (TPSA) is 9.23 Å². The molecule has 0 aromatic carbocycles. The molecular weight excluding hydrogens is 373 g/mol. The molecule has 0 spiro atoms. The predicted octanol–water partition coefficient (Wildman–Crippen LogP) is 1.77. The Kier molecular flexibility index (Phi) is 7.72. The fourth-order valence-corrected chi connectivity index (χ4v) is 1.37. The van der Waals surface area contributed by atoms with Crippen LogP contribution in [0.15, 0.2) is 0 Å². The second kappa shape index (κ2) is 5.41. The van der Waals surface area contributed by atoms with Gasteiger partial charge in [-0.2, -0.15) is 19.8 Å². The molecule has 0 bridgehead atoms. The molecule has 0 N–H and O–H groups in total. The van der Waals surface area contributed by atoms with Crippen molar-refractivity contribution in [2.24, 2.45) is 0 Å². The molecule has 57 valence electrons. The van der Waals surface area contributed by atoms with Crippen LogP contribution < -0.4 is 0 Å². The van der Waals surface area contributed by atoms with Gasteiger partial charge in [0, 0.05) is 66.5 Å². The molecular formula is C7H13OWY-. The van der Waals surface area contributed by atoms with Gasteiger partial charge in [0.05, 0.1) is 0 Å². The molecule has 1 radical (unpaired) electrons. The smallest absolute Gasteiger partial charge is 0.0359 e. The maximum atomic E-state index is 5.22. The van der Waals surface area contributed by atoms with E-state index in [2.05, 4.69) is 13.8 Å². The molecule has 1 nitrogen and oxygen atoms in total. The average Bonchev–Trinajstić information content (AvgIpc) is 1.63. The molecule has 0 amide bonds. The van der Waals surface area contributed by atoms with Crippen molar-refractivity contribution in [3.8, 4) is 0 Å². The van der Waals surface area contributed by atoms with Crippen LogP contribution in [-0.4, -0.2) is 12.7 Å². The Morgan fingerprint density at radius 3 is 1.90 bits per heavy atom. The van der Waals surface area contributed by atoms with Gasteiger partial charge >= 0.3 is 0 Å². The minimum absolute atomic E-state index is 0. The molecule has 10 heavy (non-hydrogen) atoms. The Hall–Kier alpha value is 1.75. The minimum Gasteiger partial charge on any atom is -0.384 e. The Balaban J connectivity index is 0. The monoisotopic (exact) mass is 386 g/mol. The quantitative estimate of drug-likeness (QED) is 0.625. The van der Waals surface area contributed by atoms with E-state index in [0.29, 0.717) is 0 Å². The molecule has 0 atom stereocenters. The van der Waals surface area contributed by atoms with Crippen molar-refractivity contribution < 1.29 is 58.5 Å². The predicted molar refractivity (Wildman–Crippen MR) is 33.6 cm³/mol. The number of hydrogen-bond acceptors (Lipinski definition) is 1. The van der Waals surface area contributed by atoms with E-state index in [1.807, 2.05) is 0 Å². The number of rotatable bonds is 1. The molecule has 1 aliphatic carbocycles. The largest absolute Gasteiger partial charge is 0.384 e. The van der Waals surface area contributed by atoms with Crippen LogP contribution in [0, 0.1) is 5.92 Å². The first-order valence-electron chi connectivity index (χ1n) is 3.03. The van der Waals surface area contributed by atoms with Crippen molar-refractivity contribution in [2.75, 3.05) is 7.11 Å². The van der Waals surface area contributed by atoms with Gasteiger partial charge in [0.1, 0.15) is 0 Å². The standard InChI is InChI=1S/C7H13O.W.Y/c1-6-4-7(2,5-6)8-3;;/h4-5H2,1-3H3;;/q-1;;. The fraction of sp³-hybridized carbons (Fsp3) is 0.857. The molecule has 1 saturated carbocycles. The normalized spacial score (nSPS) is 21.9. The van der Waals surface area contributed by atoms with E-state index in [1.165, 1.54) is 0 Å². The van der Waals surface area contributed by atoms with Gasteiger partial charge in [-0.3, -0.25) is 0 Å². The van der Waals surface area contributed by atoms with Gasteiger partial charge in [0.2, 0.25) is 0 Å². The van der Waals surface area contributed by atoms with E-state index in [4.69, 9.17) is 4.74 Å². The first kappa shape index (κ1) is 14.3. The Morgan fingerprint density at radius 2 is 1.80 bits per heavy atom. The van der Waals surface area contributed by atoms with E-state index < -0.39 is 0 Å². The zero-order chi connectivity index (χ0) is 6.20. The summed E-state index contributed by atoms with van der Waals surface area (Å²) in [6, 6.07) is 0. The summed E-state index contributed by atoms with van der Waals surface area (Å²) < 4.78 is 5.22. The van der Waals surface area contributed by atoms with Crippen molar-refractivity contribution in [2.45, 2.75) is 32.3 Å². The third-order valence-electron chi connectivity index (χ3n) is 1.84. The average molecular weight is 386 g/mol. The molecule has 1 rings (SSSR count). The van der Waals surface area contributed by atoms with E-state index in [9.17, 15) is 0 Å². The summed E-state index contributed by atoms with van der Waals surface area (Å²) in [5.74, 6) is 1.56. The second-order valence-electron chi connectivity index (χ2n) is 2.96. The SMILES string of the molecule is COC1(C)C[C-](C)C1.[W].[Y]. The summed E-state index contributed by atoms with van der Waals surface area (Å²) >= 11 is 0. The molecule has 0 unspecified atom stereocenters. The van der Waals surface area contributed by atoms with Crippen LogP contribution in [0.4, 0.5) is 0 Å². The maximum Gasteiger partial charge on any atom is 0.0359 e. The van der Waals surface area contributed by atoms with Crippen LogP contribution in [0.2, 0.25) is 0 Å². The fourth-order valence-electron chi connectivity index (χ4n) is 1.37. The maximum absolute atomic E-state index is 5.22. The Labute approximate surface area is 103 Å². The zero-order valence-corrected chi connectivity index (χ0v) is 12.6. The molecule has 0 saturated heterocycles. The van der Waals surface area contributed by atoms with Crippen molar-refractivity contribution in [3.05, 3.63) is 5.92 Å². The van der Waals surface area contributed by atoms with Crippen LogP contribution in [0.5, 0.6) is 0 Å². The first-order chi connectivity index (χ1) is 3.66. The summed E-state index contributed by atoms with van der Waals surface area (Å²) in [6.45, 7) is 4.33. The van der Waals surface area contributed by atoms with Gasteiger partial charge < -0.3 is 10.7 Å². The molecule has 1 aliphatic rings.